The Bertz CT molecular complexity index is 473. The highest BCUT2D eigenvalue weighted by Gasteiger charge is 2.18. The van der Waals surface area contributed by atoms with Gasteiger partial charge < -0.3 is 15.3 Å². The molecule has 0 radical (unpaired) electrons. The van der Waals surface area contributed by atoms with Crippen molar-refractivity contribution in [3.8, 4) is 5.75 Å². The number of carbonyl (C=O) groups excluding carboxylic acids is 1. The van der Waals surface area contributed by atoms with Crippen molar-refractivity contribution in [3.63, 3.8) is 0 Å². The van der Waals surface area contributed by atoms with Gasteiger partial charge in [0.2, 0.25) is 5.91 Å². The van der Waals surface area contributed by atoms with E-state index >= 15 is 0 Å². The van der Waals surface area contributed by atoms with Crippen molar-refractivity contribution in [2.24, 2.45) is 0 Å². The predicted molar refractivity (Wildman–Crippen MR) is 74.9 cm³/mol. The molecule has 0 aromatic heterocycles. The number of halogens is 1. The SMILES string of the molecule is CC(NCCC(=O)N1CCCC1)c1cc(F)ccc1O. The van der Waals surface area contributed by atoms with Crippen LogP contribution in [0.5, 0.6) is 5.75 Å². The summed E-state index contributed by atoms with van der Waals surface area (Å²) in [5, 5.41) is 12.9. The number of amides is 1. The Kier molecular flexibility index (Phi) is 4.95. The van der Waals surface area contributed by atoms with Crippen molar-refractivity contribution in [2.75, 3.05) is 19.6 Å². The molecule has 0 saturated carbocycles. The summed E-state index contributed by atoms with van der Waals surface area (Å²) in [6, 6.07) is 3.69. The van der Waals surface area contributed by atoms with Crippen LogP contribution < -0.4 is 5.32 Å². The lowest BCUT2D eigenvalue weighted by Crippen LogP contribution is -2.31. The minimum atomic E-state index is -0.375. The van der Waals surface area contributed by atoms with E-state index in [1.54, 1.807) is 0 Å². The molecule has 110 valence electrons. The van der Waals surface area contributed by atoms with Crippen LogP contribution in [-0.2, 0) is 4.79 Å². The quantitative estimate of drug-likeness (QED) is 0.869. The number of phenolic OH excluding ortho intramolecular Hbond substituents is 1. The fraction of sp³-hybridized carbons (Fsp3) is 0.533. The third-order valence-corrected chi connectivity index (χ3v) is 3.70. The van der Waals surface area contributed by atoms with Gasteiger partial charge in [-0.3, -0.25) is 4.79 Å². The van der Waals surface area contributed by atoms with E-state index in [0.29, 0.717) is 18.5 Å². The first-order chi connectivity index (χ1) is 9.58. The normalized spacial score (nSPS) is 16.4. The van der Waals surface area contributed by atoms with Crippen molar-refractivity contribution in [1.29, 1.82) is 0 Å². The number of phenols is 1. The summed E-state index contributed by atoms with van der Waals surface area (Å²) >= 11 is 0. The van der Waals surface area contributed by atoms with E-state index in [2.05, 4.69) is 5.32 Å². The molecular formula is C15H21FN2O2. The number of carbonyl (C=O) groups is 1. The first kappa shape index (κ1) is 14.8. The molecule has 0 spiro atoms. The molecule has 0 bridgehead atoms. The number of nitrogens with zero attached hydrogens (tertiary/aromatic N) is 1. The van der Waals surface area contributed by atoms with Crippen molar-refractivity contribution in [3.05, 3.63) is 29.6 Å². The third-order valence-electron chi connectivity index (χ3n) is 3.70. The molecule has 20 heavy (non-hydrogen) atoms. The van der Waals surface area contributed by atoms with Crippen LogP contribution in [0.1, 0.15) is 37.8 Å². The molecule has 1 aliphatic rings. The van der Waals surface area contributed by atoms with E-state index in [1.165, 1.54) is 18.2 Å². The van der Waals surface area contributed by atoms with Crippen molar-refractivity contribution in [1.82, 2.24) is 10.2 Å². The first-order valence-electron chi connectivity index (χ1n) is 7.07. The zero-order chi connectivity index (χ0) is 14.5. The number of aromatic hydroxyl groups is 1. The topological polar surface area (TPSA) is 52.6 Å². The van der Waals surface area contributed by atoms with Crippen molar-refractivity contribution < 1.29 is 14.3 Å². The molecule has 2 N–H and O–H groups in total. The number of hydrogen-bond donors (Lipinski definition) is 2. The molecule has 4 nitrogen and oxygen atoms in total. The van der Waals surface area contributed by atoms with Crippen LogP contribution in [-0.4, -0.2) is 35.5 Å². The maximum atomic E-state index is 13.2. The predicted octanol–water partition coefficient (Wildman–Crippen LogP) is 2.19. The molecule has 1 atom stereocenters. The van der Waals surface area contributed by atoms with Gasteiger partial charge in [0.25, 0.3) is 0 Å². The van der Waals surface area contributed by atoms with Gasteiger partial charge in [-0.1, -0.05) is 0 Å². The van der Waals surface area contributed by atoms with E-state index in [1.807, 2.05) is 11.8 Å². The van der Waals surface area contributed by atoms with Crippen LogP contribution in [0.25, 0.3) is 0 Å². The van der Waals surface area contributed by atoms with Crippen molar-refractivity contribution >= 4 is 5.91 Å². The number of nitrogens with one attached hydrogen (secondary N) is 1. The highest BCUT2D eigenvalue weighted by molar-refractivity contribution is 5.76. The molecule has 1 aromatic carbocycles. The Morgan fingerprint density at radius 3 is 2.85 bits per heavy atom. The Morgan fingerprint density at radius 1 is 1.45 bits per heavy atom. The minimum Gasteiger partial charge on any atom is -0.508 e. The fourth-order valence-electron chi connectivity index (χ4n) is 2.50. The van der Waals surface area contributed by atoms with Crippen LogP contribution in [0, 0.1) is 5.82 Å². The smallest absolute Gasteiger partial charge is 0.223 e. The molecule has 1 aromatic rings. The van der Waals surface area contributed by atoms with Crippen LogP contribution in [0.3, 0.4) is 0 Å². The number of likely N-dealkylation sites (tertiary alicyclic amines) is 1. The van der Waals surface area contributed by atoms with Gasteiger partial charge in [0.05, 0.1) is 0 Å². The van der Waals surface area contributed by atoms with Gasteiger partial charge >= 0.3 is 0 Å². The molecule has 1 amide bonds. The highest BCUT2D eigenvalue weighted by atomic mass is 19.1. The first-order valence-corrected chi connectivity index (χ1v) is 7.07. The van der Waals surface area contributed by atoms with Gasteiger partial charge in [0.1, 0.15) is 11.6 Å². The summed E-state index contributed by atoms with van der Waals surface area (Å²) in [6.45, 7) is 4.08. The van der Waals surface area contributed by atoms with Crippen molar-refractivity contribution in [2.45, 2.75) is 32.2 Å². The molecule has 1 aliphatic heterocycles. The van der Waals surface area contributed by atoms with Gasteiger partial charge in [-0.05, 0) is 38.0 Å². The molecular weight excluding hydrogens is 259 g/mol. The lowest BCUT2D eigenvalue weighted by atomic mass is 10.1. The van der Waals surface area contributed by atoms with E-state index in [4.69, 9.17) is 0 Å². The fourth-order valence-corrected chi connectivity index (χ4v) is 2.50. The number of benzene rings is 1. The second-order valence-electron chi connectivity index (χ2n) is 5.22. The number of hydrogen-bond acceptors (Lipinski definition) is 3. The second kappa shape index (κ2) is 6.70. The molecule has 2 rings (SSSR count). The van der Waals surface area contributed by atoms with E-state index in [-0.39, 0.29) is 23.5 Å². The Labute approximate surface area is 118 Å². The summed E-state index contributed by atoms with van der Waals surface area (Å²) in [4.78, 5) is 13.7. The van der Waals surface area contributed by atoms with Crippen LogP contribution in [0.15, 0.2) is 18.2 Å². The van der Waals surface area contributed by atoms with Gasteiger partial charge in [-0.25, -0.2) is 4.39 Å². The maximum absolute atomic E-state index is 13.2. The van der Waals surface area contributed by atoms with E-state index in [0.717, 1.165) is 25.9 Å². The second-order valence-corrected chi connectivity index (χ2v) is 5.22. The highest BCUT2D eigenvalue weighted by Crippen LogP contribution is 2.24. The van der Waals surface area contributed by atoms with Gasteiger partial charge in [-0.15, -0.1) is 0 Å². The standard InChI is InChI=1S/C15H21FN2O2/c1-11(13-10-12(16)4-5-14(13)19)17-7-6-15(20)18-8-2-3-9-18/h4-5,10-11,17,19H,2-3,6-9H2,1H3. The van der Waals surface area contributed by atoms with E-state index < -0.39 is 0 Å². The van der Waals surface area contributed by atoms with Gasteiger partial charge in [-0.2, -0.15) is 0 Å². The summed E-state index contributed by atoms with van der Waals surface area (Å²) < 4.78 is 13.2. The average molecular weight is 280 g/mol. The minimum absolute atomic E-state index is 0.0669. The molecule has 0 aliphatic carbocycles. The lowest BCUT2D eigenvalue weighted by molar-refractivity contribution is -0.130. The molecule has 5 heteroatoms. The summed E-state index contributed by atoms with van der Waals surface area (Å²) in [6.07, 6.45) is 2.61. The average Bonchev–Trinajstić information content (AvgIpc) is 2.95. The monoisotopic (exact) mass is 280 g/mol. The zero-order valence-electron chi connectivity index (χ0n) is 11.7. The molecule has 1 unspecified atom stereocenters. The molecule has 1 saturated heterocycles. The zero-order valence-corrected chi connectivity index (χ0v) is 11.7. The summed E-state index contributed by atoms with van der Waals surface area (Å²) in [7, 11) is 0. The summed E-state index contributed by atoms with van der Waals surface area (Å²) in [5.41, 5.74) is 0.513. The third kappa shape index (κ3) is 3.70. The van der Waals surface area contributed by atoms with Crippen LogP contribution in [0.2, 0.25) is 0 Å². The van der Waals surface area contributed by atoms with Crippen LogP contribution >= 0.6 is 0 Å². The van der Waals surface area contributed by atoms with Gasteiger partial charge in [0.15, 0.2) is 0 Å². The maximum Gasteiger partial charge on any atom is 0.223 e. The molecule has 1 heterocycles. The molecule has 1 fully saturated rings. The Balaban J connectivity index is 1.81. The van der Waals surface area contributed by atoms with Gasteiger partial charge in [0, 0.05) is 37.7 Å². The summed E-state index contributed by atoms with van der Waals surface area (Å²) in [5.74, 6) is -0.150. The Hall–Kier alpha value is -1.62. The largest absolute Gasteiger partial charge is 0.508 e. The van der Waals surface area contributed by atoms with Crippen LogP contribution in [0.4, 0.5) is 4.39 Å². The number of rotatable bonds is 5. The Morgan fingerprint density at radius 2 is 2.15 bits per heavy atom. The van der Waals surface area contributed by atoms with E-state index in [9.17, 15) is 14.3 Å². The lowest BCUT2D eigenvalue weighted by Gasteiger charge is -2.18.